The molecule has 0 saturated carbocycles. The van der Waals surface area contributed by atoms with Crippen LogP contribution in [0, 0.1) is 0 Å². The van der Waals surface area contributed by atoms with Gasteiger partial charge in [0.2, 0.25) is 5.82 Å². The first-order chi connectivity index (χ1) is 13.3. The molecule has 1 atom stereocenters. The van der Waals surface area contributed by atoms with E-state index in [2.05, 4.69) is 29.7 Å². The molecule has 0 aromatic carbocycles. The molecule has 8 nitrogen and oxygen atoms in total. The number of halogens is 3. The third-order valence-corrected chi connectivity index (χ3v) is 5.60. The molecule has 0 aliphatic rings. The number of anilines is 1. The molecule has 1 unspecified atom stereocenters. The van der Waals surface area contributed by atoms with Crippen molar-refractivity contribution in [1.82, 2.24) is 20.1 Å². The lowest BCUT2D eigenvalue weighted by Gasteiger charge is -2.19. The number of hydrogen-bond donors (Lipinski definition) is 1. The fourth-order valence-corrected chi connectivity index (χ4v) is 4.14. The monoisotopic (exact) mass is 429 g/mol. The Hall–Kier alpha value is -2.42. The second-order valence-corrected chi connectivity index (χ2v) is 8.18. The summed E-state index contributed by atoms with van der Waals surface area (Å²) in [6, 6.07) is 6.54. The SMILES string of the molecule is CCOP(=O)(Cc1ccc(-c2noc(C(F)(F)Cl)n2)cn1)Nc1cccnc1. The lowest BCUT2D eigenvalue weighted by Crippen LogP contribution is -2.05. The maximum atomic E-state index is 13.1. The summed E-state index contributed by atoms with van der Waals surface area (Å²) in [5, 5.41) is 2.57. The van der Waals surface area contributed by atoms with Gasteiger partial charge < -0.3 is 14.1 Å². The number of alkyl halides is 3. The number of rotatable bonds is 8. The van der Waals surface area contributed by atoms with Crippen LogP contribution in [0.25, 0.3) is 11.4 Å². The second-order valence-electron chi connectivity index (χ2n) is 5.56. The first kappa shape index (κ1) is 20.3. The molecule has 0 aliphatic heterocycles. The molecule has 0 amide bonds. The first-order valence-electron chi connectivity index (χ1n) is 8.07. The lowest BCUT2D eigenvalue weighted by molar-refractivity contribution is 0.0551. The van der Waals surface area contributed by atoms with E-state index in [0.717, 1.165) is 0 Å². The highest BCUT2D eigenvalue weighted by Gasteiger charge is 2.35. The van der Waals surface area contributed by atoms with Gasteiger partial charge in [0.25, 0.3) is 7.52 Å². The van der Waals surface area contributed by atoms with Crippen LogP contribution >= 0.6 is 19.1 Å². The highest BCUT2D eigenvalue weighted by Crippen LogP contribution is 2.49. The van der Waals surface area contributed by atoms with E-state index in [-0.39, 0.29) is 18.6 Å². The van der Waals surface area contributed by atoms with Crippen LogP contribution in [0.5, 0.6) is 0 Å². The van der Waals surface area contributed by atoms with E-state index < -0.39 is 18.8 Å². The highest BCUT2D eigenvalue weighted by molar-refractivity contribution is 7.59. The van der Waals surface area contributed by atoms with Gasteiger partial charge in [0.1, 0.15) is 0 Å². The molecular weight excluding hydrogens is 415 g/mol. The van der Waals surface area contributed by atoms with Crippen LogP contribution in [-0.2, 0) is 20.6 Å². The molecule has 148 valence electrons. The average Bonchev–Trinajstić information content (AvgIpc) is 3.14. The van der Waals surface area contributed by atoms with Gasteiger partial charge in [0, 0.05) is 18.0 Å². The van der Waals surface area contributed by atoms with E-state index in [0.29, 0.717) is 16.9 Å². The predicted octanol–water partition coefficient (Wildman–Crippen LogP) is 4.66. The largest absolute Gasteiger partial charge is 0.400 e. The summed E-state index contributed by atoms with van der Waals surface area (Å²) in [4.78, 5) is 11.7. The standard InChI is InChI=1S/C16H15ClF2N5O3P/c1-2-26-28(25,24-12-4-3-7-20-9-12)10-13-6-5-11(8-21-13)14-22-15(27-23-14)16(17,18)19/h3-9H,2,10H2,1H3,(H,24,25). The molecule has 0 aliphatic carbocycles. The van der Waals surface area contributed by atoms with Crippen molar-refractivity contribution < 1.29 is 22.4 Å². The maximum Gasteiger partial charge on any atom is 0.400 e. The number of pyridine rings is 2. The van der Waals surface area contributed by atoms with Crippen molar-refractivity contribution in [3.05, 3.63) is 54.4 Å². The quantitative estimate of drug-likeness (QED) is 0.407. The number of nitrogens with one attached hydrogen (secondary N) is 1. The Kier molecular flexibility index (Phi) is 6.02. The van der Waals surface area contributed by atoms with Crippen molar-refractivity contribution in [3.63, 3.8) is 0 Å². The van der Waals surface area contributed by atoms with Crippen molar-refractivity contribution in [3.8, 4) is 11.4 Å². The Bertz CT molecular complexity index is 966. The molecule has 0 spiro atoms. The number of hydrogen-bond acceptors (Lipinski definition) is 7. The fourth-order valence-electron chi connectivity index (χ4n) is 2.27. The van der Waals surface area contributed by atoms with Crippen LogP contribution in [0.2, 0.25) is 0 Å². The molecule has 12 heteroatoms. The Morgan fingerprint density at radius 3 is 2.71 bits per heavy atom. The summed E-state index contributed by atoms with van der Waals surface area (Å²) >= 11 is 4.85. The van der Waals surface area contributed by atoms with Crippen LogP contribution in [0.1, 0.15) is 18.5 Å². The van der Waals surface area contributed by atoms with Crippen molar-refractivity contribution >= 4 is 24.8 Å². The van der Waals surface area contributed by atoms with E-state index in [9.17, 15) is 13.3 Å². The van der Waals surface area contributed by atoms with E-state index in [1.165, 1.54) is 12.4 Å². The van der Waals surface area contributed by atoms with Crippen LogP contribution in [0.3, 0.4) is 0 Å². The van der Waals surface area contributed by atoms with Gasteiger partial charge in [0.15, 0.2) is 0 Å². The summed E-state index contributed by atoms with van der Waals surface area (Å²) < 4.78 is 48.9. The summed E-state index contributed by atoms with van der Waals surface area (Å²) in [6.45, 7) is 1.97. The zero-order valence-corrected chi connectivity index (χ0v) is 16.2. The molecule has 28 heavy (non-hydrogen) atoms. The zero-order chi connectivity index (χ0) is 20.2. The summed E-state index contributed by atoms with van der Waals surface area (Å²) in [5.41, 5.74) is 1.35. The average molecular weight is 430 g/mol. The Labute approximate surface area is 163 Å². The summed E-state index contributed by atoms with van der Waals surface area (Å²) in [7, 11) is -3.29. The summed E-state index contributed by atoms with van der Waals surface area (Å²) in [5.74, 6) is -1.09. The molecule has 3 aromatic rings. The minimum atomic E-state index is -3.75. The molecule has 0 fully saturated rings. The fraction of sp³-hybridized carbons (Fsp3) is 0.250. The van der Waals surface area contributed by atoms with E-state index in [4.69, 9.17) is 16.1 Å². The molecule has 0 saturated heterocycles. The van der Waals surface area contributed by atoms with Gasteiger partial charge >= 0.3 is 11.3 Å². The van der Waals surface area contributed by atoms with Gasteiger partial charge in [-0.25, -0.2) is 0 Å². The highest BCUT2D eigenvalue weighted by atomic mass is 35.5. The molecule has 0 bridgehead atoms. The topological polar surface area (TPSA) is 103 Å². The summed E-state index contributed by atoms with van der Waals surface area (Å²) in [6.07, 6.45) is 4.49. The van der Waals surface area contributed by atoms with Crippen molar-refractivity contribution in [1.29, 1.82) is 0 Å². The van der Waals surface area contributed by atoms with Gasteiger partial charge in [-0.05, 0) is 42.8 Å². The van der Waals surface area contributed by atoms with Crippen LogP contribution in [-0.4, -0.2) is 26.7 Å². The van der Waals surface area contributed by atoms with Crippen molar-refractivity contribution in [2.24, 2.45) is 0 Å². The zero-order valence-electron chi connectivity index (χ0n) is 14.6. The smallest absolute Gasteiger partial charge is 0.331 e. The first-order valence-corrected chi connectivity index (χ1v) is 10.3. The van der Waals surface area contributed by atoms with Crippen molar-refractivity contribution in [2.45, 2.75) is 18.5 Å². The number of aromatic nitrogens is 4. The van der Waals surface area contributed by atoms with Crippen molar-refractivity contribution in [2.75, 3.05) is 11.7 Å². The third-order valence-electron chi connectivity index (χ3n) is 3.42. The minimum Gasteiger partial charge on any atom is -0.331 e. The van der Waals surface area contributed by atoms with Gasteiger partial charge in [-0.3, -0.25) is 14.5 Å². The normalized spacial score (nSPS) is 13.9. The second kappa shape index (κ2) is 8.30. The number of nitrogens with zero attached hydrogens (tertiary/aromatic N) is 4. The Morgan fingerprint density at radius 2 is 2.14 bits per heavy atom. The molecule has 1 N–H and O–H groups in total. The van der Waals surface area contributed by atoms with Gasteiger partial charge in [-0.1, -0.05) is 5.16 Å². The molecule has 3 heterocycles. The van der Waals surface area contributed by atoms with Gasteiger partial charge in [-0.15, -0.1) is 0 Å². The molecular formula is C16H15ClF2N5O3P. The van der Waals surface area contributed by atoms with Gasteiger partial charge in [0.05, 0.1) is 30.3 Å². The Morgan fingerprint density at radius 1 is 1.32 bits per heavy atom. The third kappa shape index (κ3) is 5.09. The molecule has 0 radical (unpaired) electrons. The van der Waals surface area contributed by atoms with Crippen LogP contribution < -0.4 is 5.09 Å². The van der Waals surface area contributed by atoms with Crippen LogP contribution in [0.15, 0.2) is 47.4 Å². The minimum absolute atomic E-state index is 0.00720. The maximum absolute atomic E-state index is 13.1. The van der Waals surface area contributed by atoms with E-state index in [1.807, 2.05) is 0 Å². The molecule has 3 aromatic heterocycles. The van der Waals surface area contributed by atoms with E-state index >= 15 is 0 Å². The predicted molar refractivity (Wildman–Crippen MR) is 98.1 cm³/mol. The van der Waals surface area contributed by atoms with Gasteiger partial charge in [-0.2, -0.15) is 13.8 Å². The van der Waals surface area contributed by atoms with Crippen LogP contribution in [0.4, 0.5) is 14.5 Å². The van der Waals surface area contributed by atoms with E-state index in [1.54, 1.807) is 37.4 Å². The molecule has 3 rings (SSSR count). The Balaban J connectivity index is 1.76. The lowest BCUT2D eigenvalue weighted by atomic mass is 10.2.